The highest BCUT2D eigenvalue weighted by Crippen LogP contribution is 2.37. The van der Waals surface area contributed by atoms with Gasteiger partial charge >= 0.3 is 0 Å². The summed E-state index contributed by atoms with van der Waals surface area (Å²) in [5.74, 6) is 0. The van der Waals surface area contributed by atoms with Gasteiger partial charge in [0.25, 0.3) is 12.1 Å². The van der Waals surface area contributed by atoms with Gasteiger partial charge in [0.15, 0.2) is 0 Å². The molecule has 8 heteroatoms. The normalized spacial score (nSPS) is 10.6. The van der Waals surface area contributed by atoms with Crippen LogP contribution in [0.4, 0.5) is 14.5 Å². The van der Waals surface area contributed by atoms with Crippen LogP contribution in [-0.4, -0.2) is 9.91 Å². The molecular formula is C6H2Cl2F2N2O2. The smallest absolute Gasteiger partial charge is 0.258 e. The van der Waals surface area contributed by atoms with Gasteiger partial charge in [-0.1, -0.05) is 23.2 Å². The van der Waals surface area contributed by atoms with Gasteiger partial charge < -0.3 is 0 Å². The molecule has 0 N–H and O–H groups in total. The molecule has 0 saturated heterocycles. The maximum atomic E-state index is 12.4. The molecule has 1 rings (SSSR count). The molecule has 1 aromatic heterocycles. The van der Waals surface area contributed by atoms with E-state index in [1.807, 2.05) is 0 Å². The molecule has 0 spiro atoms. The Balaban J connectivity index is 3.45. The van der Waals surface area contributed by atoms with Crippen molar-refractivity contribution in [1.82, 2.24) is 4.98 Å². The van der Waals surface area contributed by atoms with Crippen molar-refractivity contribution in [3.63, 3.8) is 0 Å². The number of aromatic nitrogens is 1. The fourth-order valence-corrected chi connectivity index (χ4v) is 1.20. The molecule has 0 aliphatic rings. The third-order valence-corrected chi connectivity index (χ3v) is 2.17. The van der Waals surface area contributed by atoms with E-state index < -0.39 is 27.6 Å². The van der Waals surface area contributed by atoms with Crippen LogP contribution in [-0.2, 0) is 0 Å². The van der Waals surface area contributed by atoms with Crippen molar-refractivity contribution in [2.45, 2.75) is 6.43 Å². The number of hydrogen-bond donors (Lipinski definition) is 0. The lowest BCUT2D eigenvalue weighted by atomic mass is 10.2. The van der Waals surface area contributed by atoms with E-state index in [0.29, 0.717) is 6.20 Å². The van der Waals surface area contributed by atoms with Crippen LogP contribution in [0.5, 0.6) is 0 Å². The van der Waals surface area contributed by atoms with Crippen LogP contribution < -0.4 is 0 Å². The fraction of sp³-hybridized carbons (Fsp3) is 0.167. The molecule has 0 radical (unpaired) electrons. The van der Waals surface area contributed by atoms with Gasteiger partial charge in [-0.05, 0) is 0 Å². The van der Waals surface area contributed by atoms with Crippen LogP contribution in [0.25, 0.3) is 0 Å². The standard InChI is InChI=1S/C6H2Cl2F2N2O2/c7-4-3(6(9)10)2(12(13)14)1-11-5(4)8/h1,6H. The first kappa shape index (κ1) is 11.1. The molecule has 0 aliphatic carbocycles. The van der Waals surface area contributed by atoms with Gasteiger partial charge in [-0.2, -0.15) is 0 Å². The SMILES string of the molecule is O=[N+]([O-])c1cnc(Cl)c(Cl)c1C(F)F. The van der Waals surface area contributed by atoms with E-state index >= 15 is 0 Å². The summed E-state index contributed by atoms with van der Waals surface area (Å²) in [7, 11) is 0. The zero-order valence-electron chi connectivity index (χ0n) is 6.38. The van der Waals surface area contributed by atoms with E-state index in [9.17, 15) is 18.9 Å². The van der Waals surface area contributed by atoms with Crippen LogP contribution in [0.15, 0.2) is 6.20 Å². The third kappa shape index (κ3) is 1.91. The lowest BCUT2D eigenvalue weighted by molar-refractivity contribution is -0.386. The Morgan fingerprint density at radius 1 is 1.50 bits per heavy atom. The number of alkyl halides is 2. The van der Waals surface area contributed by atoms with Gasteiger partial charge in [0.05, 0.1) is 9.95 Å². The molecule has 0 unspecified atom stereocenters. The van der Waals surface area contributed by atoms with Crippen molar-refractivity contribution in [2.24, 2.45) is 0 Å². The maximum Gasteiger partial charge on any atom is 0.298 e. The van der Waals surface area contributed by atoms with Crippen molar-refractivity contribution in [1.29, 1.82) is 0 Å². The van der Waals surface area contributed by atoms with E-state index in [-0.39, 0.29) is 5.15 Å². The Morgan fingerprint density at radius 2 is 2.07 bits per heavy atom. The quantitative estimate of drug-likeness (QED) is 0.455. The van der Waals surface area contributed by atoms with Gasteiger partial charge in [-0.25, -0.2) is 13.8 Å². The van der Waals surface area contributed by atoms with Crippen LogP contribution in [0, 0.1) is 10.1 Å². The second kappa shape index (κ2) is 4.02. The number of nitro groups is 1. The average Bonchev–Trinajstić information content (AvgIpc) is 2.08. The van der Waals surface area contributed by atoms with Gasteiger partial charge in [0.2, 0.25) is 0 Å². The lowest BCUT2D eigenvalue weighted by Crippen LogP contribution is -1.98. The molecule has 0 fully saturated rings. The van der Waals surface area contributed by atoms with Gasteiger partial charge in [-0.15, -0.1) is 0 Å². The highest BCUT2D eigenvalue weighted by Gasteiger charge is 2.27. The largest absolute Gasteiger partial charge is 0.298 e. The van der Waals surface area contributed by atoms with E-state index in [1.54, 1.807) is 0 Å². The molecule has 4 nitrogen and oxygen atoms in total. The Bertz CT molecular complexity index is 386. The molecule has 0 amide bonds. The second-order valence-electron chi connectivity index (χ2n) is 2.22. The van der Waals surface area contributed by atoms with Crippen LogP contribution in [0.1, 0.15) is 12.0 Å². The monoisotopic (exact) mass is 242 g/mol. The van der Waals surface area contributed by atoms with Crippen LogP contribution in [0.2, 0.25) is 10.2 Å². The number of rotatable bonds is 2. The third-order valence-electron chi connectivity index (χ3n) is 1.41. The number of pyridine rings is 1. The molecule has 0 atom stereocenters. The van der Waals surface area contributed by atoms with Gasteiger partial charge in [0.1, 0.15) is 16.9 Å². The summed E-state index contributed by atoms with van der Waals surface area (Å²) in [6, 6.07) is 0. The molecule has 14 heavy (non-hydrogen) atoms. The minimum atomic E-state index is -3.07. The number of halogens is 4. The lowest BCUT2D eigenvalue weighted by Gasteiger charge is -2.04. The first-order valence-corrected chi connectivity index (χ1v) is 3.97. The topological polar surface area (TPSA) is 56.0 Å². The van der Waals surface area contributed by atoms with E-state index in [0.717, 1.165) is 0 Å². The molecule has 0 saturated carbocycles. The summed E-state index contributed by atoms with van der Waals surface area (Å²) in [6.07, 6.45) is -2.42. The zero-order valence-corrected chi connectivity index (χ0v) is 7.89. The molecule has 0 aliphatic heterocycles. The first-order chi connectivity index (χ1) is 6.45. The summed E-state index contributed by atoms with van der Waals surface area (Å²) in [5, 5.41) is 9.35. The minimum Gasteiger partial charge on any atom is -0.258 e. The summed E-state index contributed by atoms with van der Waals surface area (Å²) in [5.41, 5.74) is -1.74. The highest BCUT2D eigenvalue weighted by molar-refractivity contribution is 6.41. The fourth-order valence-electron chi connectivity index (χ4n) is 0.821. The zero-order chi connectivity index (χ0) is 10.9. The highest BCUT2D eigenvalue weighted by atomic mass is 35.5. The van der Waals surface area contributed by atoms with Crippen molar-refractivity contribution in [2.75, 3.05) is 0 Å². The number of nitrogens with zero attached hydrogens (tertiary/aromatic N) is 2. The van der Waals surface area contributed by atoms with Gasteiger partial charge in [-0.3, -0.25) is 10.1 Å². The Kier molecular flexibility index (Phi) is 3.17. The molecule has 0 aromatic carbocycles. The first-order valence-electron chi connectivity index (χ1n) is 3.21. The molecule has 0 bridgehead atoms. The van der Waals surface area contributed by atoms with Crippen LogP contribution >= 0.6 is 23.2 Å². The predicted molar refractivity (Wildman–Crippen MR) is 45.9 cm³/mol. The Labute approximate surface area is 86.6 Å². The average molecular weight is 243 g/mol. The van der Waals surface area contributed by atoms with Gasteiger partial charge in [0, 0.05) is 0 Å². The van der Waals surface area contributed by atoms with Crippen molar-refractivity contribution in [3.05, 3.63) is 32.1 Å². The maximum absolute atomic E-state index is 12.4. The summed E-state index contributed by atoms with van der Waals surface area (Å²) in [4.78, 5) is 12.6. The van der Waals surface area contributed by atoms with Crippen molar-refractivity contribution < 1.29 is 13.7 Å². The molecular weight excluding hydrogens is 241 g/mol. The summed E-state index contributed by atoms with van der Waals surface area (Å²) >= 11 is 10.7. The van der Waals surface area contributed by atoms with E-state index in [4.69, 9.17) is 23.2 Å². The molecule has 76 valence electrons. The minimum absolute atomic E-state index is 0.382. The molecule has 1 heterocycles. The Morgan fingerprint density at radius 3 is 2.50 bits per heavy atom. The second-order valence-corrected chi connectivity index (χ2v) is 2.96. The van der Waals surface area contributed by atoms with E-state index in [1.165, 1.54) is 0 Å². The van der Waals surface area contributed by atoms with Crippen LogP contribution in [0.3, 0.4) is 0 Å². The van der Waals surface area contributed by atoms with Crippen molar-refractivity contribution >= 4 is 28.9 Å². The number of hydrogen-bond acceptors (Lipinski definition) is 3. The van der Waals surface area contributed by atoms with Crippen molar-refractivity contribution in [3.8, 4) is 0 Å². The molecule has 1 aromatic rings. The summed E-state index contributed by atoms with van der Waals surface area (Å²) < 4.78 is 24.7. The summed E-state index contributed by atoms with van der Waals surface area (Å²) in [6.45, 7) is 0. The van der Waals surface area contributed by atoms with E-state index in [2.05, 4.69) is 4.98 Å². The Hall–Kier alpha value is -1.01. The predicted octanol–water partition coefficient (Wildman–Crippen LogP) is 3.23.